The Kier molecular flexibility index (Phi) is 3.70. The highest BCUT2D eigenvalue weighted by atomic mass is 32.2. The van der Waals surface area contributed by atoms with Crippen LogP contribution in [0.25, 0.3) is 0 Å². The number of rotatable bonds is 4. The van der Waals surface area contributed by atoms with Crippen LogP contribution in [0.2, 0.25) is 0 Å². The summed E-state index contributed by atoms with van der Waals surface area (Å²) in [7, 11) is -0.0450. The monoisotopic (exact) mass is 220 g/mol. The molecule has 1 heterocycles. The minimum atomic E-state index is -3.10. The molecule has 0 bridgehead atoms. The van der Waals surface area contributed by atoms with Crippen molar-refractivity contribution < 1.29 is 8.42 Å². The molecule has 0 aliphatic carbocycles. The van der Waals surface area contributed by atoms with Crippen molar-refractivity contribution in [2.45, 2.75) is 0 Å². The Bertz CT molecular complexity index is 310. The van der Waals surface area contributed by atoms with Crippen molar-refractivity contribution in [3.05, 3.63) is 0 Å². The van der Waals surface area contributed by atoms with E-state index in [4.69, 9.17) is 0 Å². The lowest BCUT2D eigenvalue weighted by atomic mass is 10.7. The molecule has 1 aliphatic heterocycles. The number of guanidine groups is 1. The fraction of sp³-hybridized carbons (Fsp3) is 0.857. The molecule has 82 valence electrons. The lowest BCUT2D eigenvalue weighted by Gasteiger charge is -2.11. The highest BCUT2D eigenvalue weighted by Gasteiger charge is 2.13. The smallest absolute Gasteiger partial charge is 0.215 e. The lowest BCUT2D eigenvalue weighted by Crippen LogP contribution is -2.38. The number of nitrogens with one attached hydrogen (secondary N) is 2. The van der Waals surface area contributed by atoms with Crippen LogP contribution in [0.4, 0.5) is 0 Å². The largest absolute Gasteiger partial charge is 0.355 e. The van der Waals surface area contributed by atoms with Gasteiger partial charge in [-0.2, -0.15) is 0 Å². The van der Waals surface area contributed by atoms with E-state index in [1.54, 1.807) is 0 Å². The van der Waals surface area contributed by atoms with Crippen molar-refractivity contribution in [1.29, 1.82) is 0 Å². The lowest BCUT2D eigenvalue weighted by molar-refractivity contribution is 0.520. The summed E-state index contributed by atoms with van der Waals surface area (Å²) in [6.45, 7) is 1.96. The van der Waals surface area contributed by atoms with Crippen molar-refractivity contribution in [3.8, 4) is 0 Å². The van der Waals surface area contributed by atoms with Crippen LogP contribution in [0.5, 0.6) is 0 Å². The molecule has 0 radical (unpaired) electrons. The van der Waals surface area contributed by atoms with Gasteiger partial charge >= 0.3 is 0 Å². The first-order chi connectivity index (χ1) is 6.52. The van der Waals surface area contributed by atoms with E-state index in [-0.39, 0.29) is 5.75 Å². The molecule has 0 amide bonds. The van der Waals surface area contributed by atoms with E-state index in [1.165, 1.54) is 18.4 Å². The quantitative estimate of drug-likeness (QED) is 0.600. The molecular formula is C7H16N4O2S. The van der Waals surface area contributed by atoms with Gasteiger partial charge in [-0.15, -0.1) is 0 Å². The standard InChI is InChI=1S/C7H16N4O2S/c1-11(2)14(12,13)6-5-10-7-8-3-4-9-7/h3-6H2,1-2H3,(H2,8,9,10). The first kappa shape index (κ1) is 11.3. The molecule has 0 fully saturated rings. The van der Waals surface area contributed by atoms with E-state index in [9.17, 15) is 8.42 Å². The molecule has 0 aromatic heterocycles. The highest BCUT2D eigenvalue weighted by Crippen LogP contribution is 1.92. The maximum absolute atomic E-state index is 11.3. The van der Waals surface area contributed by atoms with Gasteiger partial charge in [-0.05, 0) is 0 Å². The van der Waals surface area contributed by atoms with Crippen molar-refractivity contribution in [3.63, 3.8) is 0 Å². The molecule has 2 N–H and O–H groups in total. The summed E-state index contributed by atoms with van der Waals surface area (Å²) in [5.41, 5.74) is 0. The minimum Gasteiger partial charge on any atom is -0.355 e. The number of aliphatic imine (C=N–C) groups is 1. The van der Waals surface area contributed by atoms with Crippen molar-refractivity contribution in [2.24, 2.45) is 4.99 Å². The predicted octanol–water partition coefficient (Wildman–Crippen LogP) is -1.57. The summed E-state index contributed by atoms with van der Waals surface area (Å²) < 4.78 is 23.9. The van der Waals surface area contributed by atoms with Crippen LogP contribution in [0.3, 0.4) is 0 Å². The Morgan fingerprint density at radius 3 is 2.79 bits per heavy atom. The van der Waals surface area contributed by atoms with Gasteiger partial charge in [0.1, 0.15) is 0 Å². The summed E-state index contributed by atoms with van der Waals surface area (Å²) >= 11 is 0. The zero-order valence-corrected chi connectivity index (χ0v) is 9.26. The number of hydrogen-bond acceptors (Lipinski definition) is 5. The maximum Gasteiger partial charge on any atom is 0.215 e. The maximum atomic E-state index is 11.3. The van der Waals surface area contributed by atoms with E-state index in [2.05, 4.69) is 15.6 Å². The van der Waals surface area contributed by atoms with Crippen LogP contribution < -0.4 is 10.6 Å². The van der Waals surface area contributed by atoms with Crippen molar-refractivity contribution >= 4 is 16.0 Å². The number of hydrogen-bond donors (Lipinski definition) is 2. The molecule has 0 saturated carbocycles. The van der Waals surface area contributed by atoms with E-state index in [0.717, 1.165) is 13.1 Å². The van der Waals surface area contributed by atoms with Crippen LogP contribution in [0.1, 0.15) is 0 Å². The molecule has 0 unspecified atom stereocenters. The number of sulfonamides is 1. The van der Waals surface area contributed by atoms with Gasteiger partial charge in [0.2, 0.25) is 10.0 Å². The Morgan fingerprint density at radius 2 is 2.29 bits per heavy atom. The fourth-order valence-corrected chi connectivity index (χ4v) is 1.72. The summed E-state index contributed by atoms with van der Waals surface area (Å²) in [5, 5.41) is 5.93. The number of nitrogens with zero attached hydrogens (tertiary/aromatic N) is 2. The molecule has 0 aromatic carbocycles. The van der Waals surface area contributed by atoms with Crippen molar-refractivity contribution in [1.82, 2.24) is 14.9 Å². The van der Waals surface area contributed by atoms with E-state index >= 15 is 0 Å². The molecule has 6 nitrogen and oxygen atoms in total. The van der Waals surface area contributed by atoms with Crippen molar-refractivity contribution in [2.75, 3.05) is 39.5 Å². The second-order valence-corrected chi connectivity index (χ2v) is 5.48. The van der Waals surface area contributed by atoms with E-state index in [0.29, 0.717) is 12.5 Å². The minimum absolute atomic E-state index is 0.0840. The third-order valence-corrected chi connectivity index (χ3v) is 3.72. The van der Waals surface area contributed by atoms with Gasteiger partial charge in [0.05, 0.1) is 12.3 Å². The van der Waals surface area contributed by atoms with E-state index < -0.39 is 10.0 Å². The topological polar surface area (TPSA) is 73.8 Å². The summed E-state index contributed by atoms with van der Waals surface area (Å²) in [5.74, 6) is 0.778. The van der Waals surface area contributed by atoms with Crippen LogP contribution >= 0.6 is 0 Å². The van der Waals surface area contributed by atoms with E-state index in [1.807, 2.05) is 0 Å². The molecule has 1 aliphatic rings. The second kappa shape index (κ2) is 4.61. The zero-order chi connectivity index (χ0) is 10.6. The second-order valence-electron chi connectivity index (χ2n) is 3.18. The predicted molar refractivity (Wildman–Crippen MR) is 55.8 cm³/mol. The molecular weight excluding hydrogens is 204 g/mol. The molecule has 0 atom stereocenters. The molecule has 0 aromatic rings. The van der Waals surface area contributed by atoms with Crippen LogP contribution in [0.15, 0.2) is 4.99 Å². The first-order valence-electron chi connectivity index (χ1n) is 4.45. The third kappa shape index (κ3) is 3.15. The summed E-state index contributed by atoms with van der Waals surface area (Å²) in [6.07, 6.45) is 0. The molecule has 0 saturated heterocycles. The van der Waals surface area contributed by atoms with Gasteiger partial charge in [0.15, 0.2) is 5.96 Å². The average Bonchev–Trinajstić information content (AvgIpc) is 2.56. The summed E-state index contributed by atoms with van der Waals surface area (Å²) in [4.78, 5) is 4.09. The SMILES string of the molecule is CN(C)S(=O)(=O)CCNC1=NCCN1. The van der Waals surface area contributed by atoms with Crippen LogP contribution in [-0.4, -0.2) is 58.2 Å². The van der Waals surface area contributed by atoms with Gasteiger partial charge in [-0.3, -0.25) is 4.99 Å². The van der Waals surface area contributed by atoms with Gasteiger partial charge in [-0.1, -0.05) is 0 Å². The Morgan fingerprint density at radius 1 is 1.57 bits per heavy atom. The Labute approximate surface area is 84.4 Å². The van der Waals surface area contributed by atoms with Crippen LogP contribution in [-0.2, 0) is 10.0 Å². The molecule has 0 spiro atoms. The fourth-order valence-electron chi connectivity index (χ4n) is 0.997. The van der Waals surface area contributed by atoms with Gasteiger partial charge < -0.3 is 10.6 Å². The Balaban J connectivity index is 2.27. The van der Waals surface area contributed by atoms with Crippen LogP contribution in [0, 0.1) is 0 Å². The average molecular weight is 220 g/mol. The normalized spacial score (nSPS) is 16.6. The molecule has 14 heavy (non-hydrogen) atoms. The zero-order valence-electron chi connectivity index (χ0n) is 8.45. The molecule has 1 rings (SSSR count). The molecule has 7 heteroatoms. The van der Waals surface area contributed by atoms with Gasteiger partial charge in [-0.25, -0.2) is 12.7 Å². The third-order valence-electron chi connectivity index (χ3n) is 1.88. The van der Waals surface area contributed by atoms with Gasteiger partial charge in [0.25, 0.3) is 0 Å². The van der Waals surface area contributed by atoms with Gasteiger partial charge in [0, 0.05) is 27.2 Å². The summed E-state index contributed by atoms with van der Waals surface area (Å²) in [6, 6.07) is 0. The Hall–Kier alpha value is -0.820. The highest BCUT2D eigenvalue weighted by molar-refractivity contribution is 7.89. The first-order valence-corrected chi connectivity index (χ1v) is 6.06.